The zero-order valence-electron chi connectivity index (χ0n) is 15.5. The number of likely N-dealkylation sites (N-methyl/N-ethyl adjacent to an activating group) is 1. The van der Waals surface area contributed by atoms with Gasteiger partial charge in [0.15, 0.2) is 6.61 Å². The minimum atomic E-state index is -1.05. The van der Waals surface area contributed by atoms with E-state index in [4.69, 9.17) is 16.3 Å². The lowest BCUT2D eigenvalue weighted by molar-refractivity contribution is -0.136. The summed E-state index contributed by atoms with van der Waals surface area (Å²) >= 11 is 5.78. The van der Waals surface area contributed by atoms with Crippen molar-refractivity contribution in [3.8, 4) is 0 Å². The molecule has 0 aliphatic rings. The molecule has 2 amide bonds. The molecule has 0 heterocycles. The van der Waals surface area contributed by atoms with Crippen molar-refractivity contribution in [1.29, 1.82) is 0 Å². The van der Waals surface area contributed by atoms with E-state index in [2.05, 4.69) is 5.32 Å². The quantitative estimate of drug-likeness (QED) is 0.716. The number of hydrogen-bond donors (Lipinski definition) is 1. The number of esters is 1. The number of benzene rings is 2. The molecule has 0 fully saturated rings. The fraction of sp³-hybridized carbons (Fsp3) is 0.250. The van der Waals surface area contributed by atoms with Gasteiger partial charge in [-0.25, -0.2) is 9.18 Å². The smallest absolute Gasteiger partial charge is 0.343 e. The molecule has 0 aromatic heterocycles. The number of amides is 2. The monoisotopic (exact) mass is 406 g/mol. The van der Waals surface area contributed by atoms with Crippen molar-refractivity contribution in [3.63, 3.8) is 0 Å². The maximum Gasteiger partial charge on any atom is 0.343 e. The number of anilines is 1. The van der Waals surface area contributed by atoms with E-state index in [9.17, 15) is 18.8 Å². The fourth-order valence-corrected chi connectivity index (χ4v) is 2.69. The number of carbonyl (C=O) groups excluding carboxylic acids is 3. The molecule has 0 spiro atoms. The van der Waals surface area contributed by atoms with E-state index < -0.39 is 29.9 Å². The maximum atomic E-state index is 13.7. The highest BCUT2D eigenvalue weighted by Crippen LogP contribution is 2.20. The van der Waals surface area contributed by atoms with Crippen molar-refractivity contribution < 1.29 is 23.5 Å². The van der Waals surface area contributed by atoms with Gasteiger partial charge in [-0.3, -0.25) is 9.59 Å². The summed E-state index contributed by atoms with van der Waals surface area (Å²) in [6.45, 7) is 1.10. The van der Waals surface area contributed by atoms with Crippen LogP contribution in [-0.4, -0.2) is 42.9 Å². The Morgan fingerprint density at radius 1 is 1.14 bits per heavy atom. The number of halogens is 2. The van der Waals surface area contributed by atoms with Crippen LogP contribution in [0, 0.1) is 5.82 Å². The lowest BCUT2D eigenvalue weighted by atomic mass is 10.1. The first-order chi connectivity index (χ1) is 13.3. The van der Waals surface area contributed by atoms with Gasteiger partial charge in [-0.05, 0) is 30.2 Å². The van der Waals surface area contributed by atoms with Crippen LogP contribution in [0.15, 0.2) is 42.5 Å². The zero-order chi connectivity index (χ0) is 20.7. The molecule has 8 heteroatoms. The number of carbonyl (C=O) groups is 3. The number of aryl methyl sites for hydroxylation is 1. The molecule has 2 rings (SSSR count). The van der Waals surface area contributed by atoms with Crippen molar-refractivity contribution in [2.75, 3.05) is 25.5 Å². The summed E-state index contributed by atoms with van der Waals surface area (Å²) in [5.74, 6) is -2.89. The van der Waals surface area contributed by atoms with Crippen LogP contribution in [-0.2, 0) is 20.7 Å². The molecule has 0 saturated heterocycles. The predicted molar refractivity (Wildman–Crippen MR) is 104 cm³/mol. The first kappa shape index (κ1) is 21.4. The van der Waals surface area contributed by atoms with Crippen molar-refractivity contribution in [2.45, 2.75) is 13.3 Å². The molecule has 6 nitrogen and oxygen atoms in total. The molecule has 28 heavy (non-hydrogen) atoms. The van der Waals surface area contributed by atoms with E-state index in [1.54, 1.807) is 12.1 Å². The van der Waals surface area contributed by atoms with Gasteiger partial charge < -0.3 is 15.0 Å². The molecule has 0 bridgehead atoms. The summed E-state index contributed by atoms with van der Waals surface area (Å²) in [5, 5.41) is 2.63. The summed E-state index contributed by atoms with van der Waals surface area (Å²) in [5.41, 5.74) is 1.21. The Labute approximate surface area is 167 Å². The van der Waals surface area contributed by atoms with Crippen molar-refractivity contribution in [3.05, 3.63) is 64.4 Å². The number of rotatable bonds is 7. The highest BCUT2D eigenvalue weighted by molar-refractivity contribution is 6.33. The van der Waals surface area contributed by atoms with Gasteiger partial charge in [0, 0.05) is 12.7 Å². The van der Waals surface area contributed by atoms with Gasteiger partial charge in [-0.1, -0.05) is 42.8 Å². The van der Waals surface area contributed by atoms with E-state index in [1.807, 2.05) is 19.1 Å². The number of nitrogens with zero attached hydrogens (tertiary/aromatic N) is 1. The average molecular weight is 407 g/mol. The van der Waals surface area contributed by atoms with Gasteiger partial charge in [0.2, 0.25) is 5.91 Å². The topological polar surface area (TPSA) is 75.7 Å². The van der Waals surface area contributed by atoms with Gasteiger partial charge in [-0.2, -0.15) is 0 Å². The Morgan fingerprint density at radius 2 is 1.86 bits per heavy atom. The van der Waals surface area contributed by atoms with Gasteiger partial charge >= 0.3 is 5.97 Å². The van der Waals surface area contributed by atoms with Crippen LogP contribution >= 0.6 is 11.6 Å². The summed E-state index contributed by atoms with van der Waals surface area (Å²) in [7, 11) is 1.40. The molecule has 0 saturated carbocycles. The normalized spacial score (nSPS) is 10.3. The van der Waals surface area contributed by atoms with Crippen LogP contribution in [0.5, 0.6) is 0 Å². The molecule has 0 radical (unpaired) electrons. The molecule has 1 N–H and O–H groups in total. The first-order valence-corrected chi connectivity index (χ1v) is 8.94. The third-order valence-corrected chi connectivity index (χ3v) is 4.29. The SMILES string of the molecule is CCc1ccccc1NC(=O)CN(C)C(=O)COC(=O)c1c(F)cccc1Cl. The van der Waals surface area contributed by atoms with Crippen molar-refractivity contribution >= 4 is 35.1 Å². The van der Waals surface area contributed by atoms with E-state index in [-0.39, 0.29) is 17.5 Å². The Kier molecular flexibility index (Phi) is 7.52. The Balaban J connectivity index is 1.88. The Hall–Kier alpha value is -2.93. The third-order valence-electron chi connectivity index (χ3n) is 3.97. The number of hydrogen-bond acceptors (Lipinski definition) is 4. The second-order valence-corrected chi connectivity index (χ2v) is 6.39. The Morgan fingerprint density at radius 3 is 2.54 bits per heavy atom. The summed E-state index contributed by atoms with van der Waals surface area (Å²) in [4.78, 5) is 37.3. The van der Waals surface area contributed by atoms with Crippen LogP contribution in [0.3, 0.4) is 0 Å². The molecule has 0 aliphatic carbocycles. The van der Waals surface area contributed by atoms with Crippen LogP contribution in [0.2, 0.25) is 5.02 Å². The molecular weight excluding hydrogens is 387 g/mol. The molecule has 0 atom stereocenters. The van der Waals surface area contributed by atoms with E-state index in [0.29, 0.717) is 5.69 Å². The van der Waals surface area contributed by atoms with Gasteiger partial charge in [0.25, 0.3) is 5.91 Å². The first-order valence-electron chi connectivity index (χ1n) is 8.56. The molecule has 2 aromatic rings. The minimum absolute atomic E-state index is 0.111. The summed E-state index contributed by atoms with van der Waals surface area (Å²) < 4.78 is 18.5. The number of ether oxygens (including phenoxy) is 1. The minimum Gasteiger partial charge on any atom is -0.452 e. The molecule has 0 aliphatic heterocycles. The zero-order valence-corrected chi connectivity index (χ0v) is 16.3. The highest BCUT2D eigenvalue weighted by atomic mass is 35.5. The fourth-order valence-electron chi connectivity index (χ4n) is 2.45. The largest absolute Gasteiger partial charge is 0.452 e. The number of para-hydroxylation sites is 1. The van der Waals surface area contributed by atoms with Gasteiger partial charge in [0.05, 0.1) is 11.6 Å². The Bertz CT molecular complexity index is 868. The molecule has 0 unspecified atom stereocenters. The summed E-state index contributed by atoms with van der Waals surface area (Å²) in [6.07, 6.45) is 0.750. The van der Waals surface area contributed by atoms with Gasteiger partial charge in [0.1, 0.15) is 11.4 Å². The van der Waals surface area contributed by atoms with Crippen molar-refractivity contribution in [2.24, 2.45) is 0 Å². The number of nitrogens with one attached hydrogen (secondary N) is 1. The standard InChI is InChI=1S/C20H20ClFN2O4/c1-3-13-7-4-5-10-16(13)23-17(25)11-24(2)18(26)12-28-20(27)19-14(21)8-6-9-15(19)22/h4-10H,3,11-12H2,1-2H3,(H,23,25). The molecule has 2 aromatic carbocycles. The second-order valence-electron chi connectivity index (χ2n) is 5.98. The van der Waals surface area contributed by atoms with E-state index in [1.165, 1.54) is 19.2 Å². The van der Waals surface area contributed by atoms with Crippen LogP contribution in [0.1, 0.15) is 22.8 Å². The second kappa shape index (κ2) is 9.85. The lowest BCUT2D eigenvalue weighted by Gasteiger charge is -2.17. The average Bonchev–Trinajstić information content (AvgIpc) is 2.66. The molecule has 148 valence electrons. The molecular formula is C20H20ClFN2O4. The maximum absolute atomic E-state index is 13.7. The van der Waals surface area contributed by atoms with Crippen molar-refractivity contribution in [1.82, 2.24) is 4.90 Å². The van der Waals surface area contributed by atoms with Crippen LogP contribution in [0.25, 0.3) is 0 Å². The predicted octanol–water partition coefficient (Wildman–Crippen LogP) is 3.30. The lowest BCUT2D eigenvalue weighted by Crippen LogP contribution is -2.37. The van der Waals surface area contributed by atoms with Crippen LogP contribution in [0.4, 0.5) is 10.1 Å². The summed E-state index contributed by atoms with van der Waals surface area (Å²) in [6, 6.07) is 11.1. The van der Waals surface area contributed by atoms with E-state index in [0.717, 1.165) is 23.0 Å². The van der Waals surface area contributed by atoms with Gasteiger partial charge in [-0.15, -0.1) is 0 Å². The highest BCUT2D eigenvalue weighted by Gasteiger charge is 2.20. The van der Waals surface area contributed by atoms with E-state index >= 15 is 0 Å². The third kappa shape index (κ3) is 5.53. The van der Waals surface area contributed by atoms with Crippen LogP contribution < -0.4 is 5.32 Å².